The van der Waals surface area contributed by atoms with E-state index in [4.69, 9.17) is 58.0 Å². The summed E-state index contributed by atoms with van der Waals surface area (Å²) in [4.78, 5) is 0. The maximum atomic E-state index is 13.0. The molecule has 0 fully saturated rings. The van der Waals surface area contributed by atoms with Crippen LogP contribution in [-0.4, -0.2) is 0 Å². The van der Waals surface area contributed by atoms with Gasteiger partial charge in [0.25, 0.3) is 0 Å². The van der Waals surface area contributed by atoms with Crippen LogP contribution < -0.4 is 0 Å². The first-order chi connectivity index (χ1) is 10.1. The van der Waals surface area contributed by atoms with E-state index in [2.05, 4.69) is 0 Å². The minimum Gasteiger partial charge on any atom is -0.166 e. The first-order valence-electron chi connectivity index (χ1n) is 5.76. The fourth-order valence-electron chi connectivity index (χ4n) is 2.05. The summed E-state index contributed by atoms with van der Waals surface area (Å²) in [6.45, 7) is 1.32. The third-order valence-electron chi connectivity index (χ3n) is 3.12. The van der Waals surface area contributed by atoms with Crippen molar-refractivity contribution in [3.63, 3.8) is 0 Å². The molecule has 0 aliphatic heterocycles. The van der Waals surface area contributed by atoms with Crippen molar-refractivity contribution < 1.29 is 13.2 Å². The van der Waals surface area contributed by atoms with Crippen molar-refractivity contribution in [1.82, 2.24) is 0 Å². The summed E-state index contributed by atoms with van der Waals surface area (Å²) >= 11 is 30.0. The zero-order chi connectivity index (χ0) is 16.8. The molecule has 0 heterocycles. The van der Waals surface area contributed by atoms with Gasteiger partial charge in [-0.05, 0) is 24.1 Å². The van der Waals surface area contributed by atoms with Gasteiger partial charge in [0.05, 0.1) is 30.7 Å². The molecule has 0 saturated carbocycles. The Morgan fingerprint density at radius 1 is 0.773 bits per heavy atom. The Morgan fingerprint density at radius 3 is 1.68 bits per heavy atom. The molecule has 0 radical (unpaired) electrons. The van der Waals surface area contributed by atoms with Crippen molar-refractivity contribution in [3.05, 3.63) is 54.4 Å². The topological polar surface area (TPSA) is 0 Å². The van der Waals surface area contributed by atoms with Crippen LogP contribution in [0.3, 0.4) is 0 Å². The van der Waals surface area contributed by atoms with Gasteiger partial charge in [-0.1, -0.05) is 70.1 Å². The Hall–Kier alpha value is -0.320. The summed E-state index contributed by atoms with van der Waals surface area (Å²) in [5.74, 6) is 0. The van der Waals surface area contributed by atoms with Crippen LogP contribution in [0.2, 0.25) is 25.1 Å². The molecule has 0 spiro atoms. The van der Waals surface area contributed by atoms with Crippen LogP contribution in [0, 0.1) is 6.92 Å². The average molecular weight is 408 g/mol. The Labute approximate surface area is 149 Å². The predicted molar refractivity (Wildman–Crippen MR) is 86.7 cm³/mol. The SMILES string of the molecule is Cc1c(-c2c(Cl)c(Cl)c(Cl)c(Cl)c2Cl)cccc1C(F)(F)F. The normalized spacial score (nSPS) is 11.9. The Balaban J connectivity index is 2.85. The minimum atomic E-state index is -4.50. The van der Waals surface area contributed by atoms with E-state index < -0.39 is 11.7 Å². The van der Waals surface area contributed by atoms with Crippen LogP contribution in [0.15, 0.2) is 18.2 Å². The van der Waals surface area contributed by atoms with Crippen LogP contribution in [0.5, 0.6) is 0 Å². The number of benzene rings is 2. The lowest BCUT2D eigenvalue weighted by atomic mass is 9.96. The van der Waals surface area contributed by atoms with E-state index in [1.165, 1.54) is 19.1 Å². The van der Waals surface area contributed by atoms with Gasteiger partial charge in [0.1, 0.15) is 0 Å². The van der Waals surface area contributed by atoms with Crippen LogP contribution >= 0.6 is 58.0 Å². The standard InChI is InChI=1S/C14H6Cl5F3/c1-5-6(3-2-4-7(5)14(20,21)22)8-9(15)11(17)13(19)12(18)10(8)16/h2-4H,1H3. The average Bonchev–Trinajstić information content (AvgIpc) is 2.43. The fourth-order valence-corrected chi connectivity index (χ4v) is 3.40. The molecule has 0 aromatic heterocycles. The third-order valence-corrected chi connectivity index (χ3v) is 5.40. The highest BCUT2D eigenvalue weighted by atomic mass is 35.5. The highest BCUT2D eigenvalue weighted by Gasteiger charge is 2.33. The molecular formula is C14H6Cl5F3. The molecule has 2 aromatic carbocycles. The van der Waals surface area contributed by atoms with E-state index in [1.54, 1.807) is 0 Å². The first kappa shape index (κ1) is 18.0. The molecule has 2 rings (SSSR count). The molecule has 0 N–H and O–H groups in total. The fraction of sp³-hybridized carbons (Fsp3) is 0.143. The van der Waals surface area contributed by atoms with Crippen molar-refractivity contribution in [2.75, 3.05) is 0 Å². The molecular weight excluding hydrogens is 402 g/mol. The summed E-state index contributed by atoms with van der Waals surface area (Å²) in [6.07, 6.45) is -4.50. The Kier molecular flexibility index (Phi) is 5.15. The van der Waals surface area contributed by atoms with E-state index in [-0.39, 0.29) is 41.8 Å². The first-order valence-corrected chi connectivity index (χ1v) is 7.65. The van der Waals surface area contributed by atoms with E-state index in [9.17, 15) is 13.2 Å². The van der Waals surface area contributed by atoms with Crippen molar-refractivity contribution >= 4 is 58.0 Å². The van der Waals surface area contributed by atoms with Crippen LogP contribution in [0.25, 0.3) is 11.1 Å². The lowest BCUT2D eigenvalue weighted by Gasteiger charge is -2.17. The molecule has 8 heteroatoms. The molecule has 0 atom stereocenters. The monoisotopic (exact) mass is 406 g/mol. The van der Waals surface area contributed by atoms with Gasteiger partial charge >= 0.3 is 6.18 Å². The van der Waals surface area contributed by atoms with Crippen LogP contribution in [0.1, 0.15) is 11.1 Å². The van der Waals surface area contributed by atoms with Crippen molar-refractivity contribution in [1.29, 1.82) is 0 Å². The molecule has 0 amide bonds. The van der Waals surface area contributed by atoms with Crippen LogP contribution in [0.4, 0.5) is 13.2 Å². The lowest BCUT2D eigenvalue weighted by Crippen LogP contribution is -2.08. The van der Waals surface area contributed by atoms with Gasteiger partial charge < -0.3 is 0 Å². The summed E-state index contributed by atoms with van der Waals surface area (Å²) in [5.41, 5.74) is -0.524. The van der Waals surface area contributed by atoms with Gasteiger partial charge in [0, 0.05) is 5.56 Å². The number of halogens is 8. The summed E-state index contributed by atoms with van der Waals surface area (Å²) in [5, 5.41) is -0.284. The maximum absolute atomic E-state index is 13.0. The Morgan fingerprint density at radius 2 is 1.23 bits per heavy atom. The molecule has 0 nitrogen and oxygen atoms in total. The smallest absolute Gasteiger partial charge is 0.166 e. The minimum absolute atomic E-state index is 0.0340. The van der Waals surface area contributed by atoms with Gasteiger partial charge in [-0.3, -0.25) is 0 Å². The second-order valence-corrected chi connectivity index (χ2v) is 6.31. The molecule has 2 aromatic rings. The second-order valence-electron chi connectivity index (χ2n) is 4.42. The van der Waals surface area contributed by atoms with E-state index >= 15 is 0 Å². The van der Waals surface area contributed by atoms with Gasteiger partial charge in [-0.2, -0.15) is 13.2 Å². The predicted octanol–water partition coefficient (Wildman–Crippen LogP) is 7.95. The van der Waals surface area contributed by atoms with Gasteiger partial charge in [-0.25, -0.2) is 0 Å². The highest BCUT2D eigenvalue weighted by molar-refractivity contribution is 6.56. The number of alkyl halides is 3. The molecule has 0 bridgehead atoms. The number of rotatable bonds is 1. The maximum Gasteiger partial charge on any atom is 0.416 e. The second kappa shape index (κ2) is 6.29. The van der Waals surface area contributed by atoms with Gasteiger partial charge in [0.2, 0.25) is 0 Å². The van der Waals surface area contributed by atoms with Crippen LogP contribution in [-0.2, 0) is 6.18 Å². The summed E-state index contributed by atoms with van der Waals surface area (Å²) < 4.78 is 39.1. The molecule has 118 valence electrons. The van der Waals surface area contributed by atoms with E-state index in [0.717, 1.165) is 6.07 Å². The van der Waals surface area contributed by atoms with Crippen molar-refractivity contribution in [3.8, 4) is 11.1 Å². The highest BCUT2D eigenvalue weighted by Crippen LogP contribution is 2.49. The molecule has 22 heavy (non-hydrogen) atoms. The third kappa shape index (κ3) is 3.02. The molecule has 0 aliphatic rings. The zero-order valence-corrected chi connectivity index (χ0v) is 14.5. The lowest BCUT2D eigenvalue weighted by molar-refractivity contribution is -0.138. The van der Waals surface area contributed by atoms with Gasteiger partial charge in [0.15, 0.2) is 0 Å². The quantitative estimate of drug-likeness (QED) is 0.332. The Bertz CT molecular complexity index is 724. The van der Waals surface area contributed by atoms with Crippen molar-refractivity contribution in [2.24, 2.45) is 0 Å². The molecule has 0 aliphatic carbocycles. The van der Waals surface area contributed by atoms with E-state index in [1.807, 2.05) is 0 Å². The molecule has 0 unspecified atom stereocenters. The van der Waals surface area contributed by atoms with Crippen molar-refractivity contribution in [2.45, 2.75) is 13.1 Å². The summed E-state index contributed by atoms with van der Waals surface area (Å²) in [6, 6.07) is 3.69. The molecule has 0 saturated heterocycles. The number of hydrogen-bond donors (Lipinski definition) is 0. The largest absolute Gasteiger partial charge is 0.416 e. The number of hydrogen-bond acceptors (Lipinski definition) is 0. The van der Waals surface area contributed by atoms with E-state index in [0.29, 0.717) is 0 Å². The van der Waals surface area contributed by atoms with Gasteiger partial charge in [-0.15, -0.1) is 0 Å². The summed E-state index contributed by atoms with van der Waals surface area (Å²) in [7, 11) is 0. The zero-order valence-electron chi connectivity index (χ0n) is 10.8.